The number of morpholine rings is 1. The summed E-state index contributed by atoms with van der Waals surface area (Å²) in [6.45, 7) is 6.58. The van der Waals surface area contributed by atoms with E-state index in [1.54, 1.807) is 13.8 Å². The Kier molecular flexibility index (Phi) is 4.80. The number of rotatable bonds is 4. The Morgan fingerprint density at radius 3 is 2.48 bits per heavy atom. The third kappa shape index (κ3) is 3.02. The monoisotopic (exact) mass is 315 g/mol. The third-order valence-corrected chi connectivity index (χ3v) is 5.64. The van der Waals surface area contributed by atoms with Gasteiger partial charge in [-0.2, -0.15) is 9.40 Å². The molecule has 2 heterocycles. The molecule has 1 fully saturated rings. The Morgan fingerprint density at radius 2 is 1.90 bits per heavy atom. The maximum atomic E-state index is 12.7. The van der Waals surface area contributed by atoms with Crippen LogP contribution in [0.4, 0.5) is 0 Å². The van der Waals surface area contributed by atoms with Crippen LogP contribution in [-0.2, 0) is 14.8 Å². The molecule has 21 heavy (non-hydrogen) atoms. The first-order valence-corrected chi connectivity index (χ1v) is 8.51. The van der Waals surface area contributed by atoms with Gasteiger partial charge in [-0.3, -0.25) is 4.79 Å². The molecular formula is C13H21N3O4S. The molecule has 0 atom stereocenters. The molecule has 118 valence electrons. The lowest BCUT2D eigenvalue weighted by atomic mass is 10.3. The SMILES string of the molecule is CCCC(=O)n1nc(C)c(S(=O)(=O)N2CCOCC2)c1C. The summed E-state index contributed by atoms with van der Waals surface area (Å²) in [5, 5.41) is 4.12. The molecule has 1 aromatic heterocycles. The highest BCUT2D eigenvalue weighted by atomic mass is 32.2. The average molecular weight is 315 g/mol. The molecule has 0 amide bonds. The summed E-state index contributed by atoms with van der Waals surface area (Å²) < 4.78 is 33.2. The standard InChI is InChI=1S/C13H21N3O4S/c1-4-5-12(17)16-11(3)13(10(2)14-16)21(18,19)15-6-8-20-9-7-15/h4-9H2,1-3H3. The van der Waals surface area contributed by atoms with Gasteiger partial charge in [0.2, 0.25) is 15.9 Å². The van der Waals surface area contributed by atoms with Gasteiger partial charge >= 0.3 is 0 Å². The molecule has 1 saturated heterocycles. The molecule has 2 rings (SSSR count). The number of aryl methyl sites for hydroxylation is 1. The third-order valence-electron chi connectivity index (χ3n) is 3.49. The van der Waals surface area contributed by atoms with Crippen molar-refractivity contribution in [2.24, 2.45) is 0 Å². The first-order chi connectivity index (χ1) is 9.89. The predicted octanol–water partition coefficient (Wildman–Crippen LogP) is 0.961. The molecule has 0 bridgehead atoms. The van der Waals surface area contributed by atoms with Crippen molar-refractivity contribution in [3.63, 3.8) is 0 Å². The molecule has 7 nitrogen and oxygen atoms in total. The summed E-state index contributed by atoms with van der Waals surface area (Å²) in [6.07, 6.45) is 1.04. The molecule has 0 aromatic carbocycles. The highest BCUT2D eigenvalue weighted by molar-refractivity contribution is 7.89. The maximum absolute atomic E-state index is 12.7. The second-order valence-corrected chi connectivity index (χ2v) is 6.95. The van der Waals surface area contributed by atoms with E-state index in [9.17, 15) is 13.2 Å². The molecular weight excluding hydrogens is 294 g/mol. The molecule has 1 aliphatic heterocycles. The first-order valence-electron chi connectivity index (χ1n) is 7.07. The fourth-order valence-corrected chi connectivity index (χ4v) is 4.24. The van der Waals surface area contributed by atoms with Crippen molar-refractivity contribution in [2.75, 3.05) is 26.3 Å². The van der Waals surface area contributed by atoms with Crippen LogP contribution in [0.2, 0.25) is 0 Å². The zero-order valence-corrected chi connectivity index (χ0v) is 13.4. The van der Waals surface area contributed by atoms with Gasteiger partial charge in [0, 0.05) is 19.5 Å². The van der Waals surface area contributed by atoms with Crippen molar-refractivity contribution in [1.29, 1.82) is 0 Å². The van der Waals surface area contributed by atoms with Gasteiger partial charge in [0.25, 0.3) is 0 Å². The zero-order chi connectivity index (χ0) is 15.6. The van der Waals surface area contributed by atoms with Crippen LogP contribution in [-0.4, -0.2) is 54.7 Å². The van der Waals surface area contributed by atoms with Gasteiger partial charge in [0.15, 0.2) is 0 Å². The first kappa shape index (κ1) is 16.1. The predicted molar refractivity (Wildman–Crippen MR) is 76.8 cm³/mol. The molecule has 0 radical (unpaired) electrons. The Hall–Kier alpha value is -1.25. The highest BCUT2D eigenvalue weighted by Crippen LogP contribution is 2.24. The number of carbonyl (C=O) groups is 1. The van der Waals surface area contributed by atoms with E-state index in [1.807, 2.05) is 6.92 Å². The summed E-state index contributed by atoms with van der Waals surface area (Å²) in [7, 11) is -3.63. The highest BCUT2D eigenvalue weighted by Gasteiger charge is 2.32. The van der Waals surface area contributed by atoms with Gasteiger partial charge < -0.3 is 4.74 Å². The zero-order valence-electron chi connectivity index (χ0n) is 12.6. The number of carbonyl (C=O) groups excluding carboxylic acids is 1. The Balaban J connectivity index is 2.41. The van der Waals surface area contributed by atoms with Crippen molar-refractivity contribution in [1.82, 2.24) is 14.1 Å². The van der Waals surface area contributed by atoms with Gasteiger partial charge in [-0.15, -0.1) is 0 Å². The molecule has 0 N–H and O–H groups in total. The molecule has 0 aliphatic carbocycles. The summed E-state index contributed by atoms with van der Waals surface area (Å²) in [4.78, 5) is 12.2. The molecule has 1 aliphatic rings. The Bertz CT molecular complexity index is 630. The number of hydrogen-bond acceptors (Lipinski definition) is 5. The van der Waals surface area contributed by atoms with Crippen LogP contribution >= 0.6 is 0 Å². The number of aromatic nitrogens is 2. The molecule has 0 saturated carbocycles. The Morgan fingerprint density at radius 1 is 1.29 bits per heavy atom. The van der Waals surface area contributed by atoms with Crippen LogP contribution < -0.4 is 0 Å². The lowest BCUT2D eigenvalue weighted by molar-refractivity contribution is 0.0730. The summed E-state index contributed by atoms with van der Waals surface area (Å²) in [5.74, 6) is -0.179. The van der Waals surface area contributed by atoms with E-state index >= 15 is 0 Å². The van der Waals surface area contributed by atoms with Gasteiger partial charge in [0.1, 0.15) is 4.90 Å². The van der Waals surface area contributed by atoms with Crippen molar-refractivity contribution in [3.8, 4) is 0 Å². The lowest BCUT2D eigenvalue weighted by Crippen LogP contribution is -2.41. The van der Waals surface area contributed by atoms with E-state index < -0.39 is 10.0 Å². The van der Waals surface area contributed by atoms with Gasteiger partial charge in [0.05, 0.1) is 24.6 Å². The van der Waals surface area contributed by atoms with Crippen molar-refractivity contribution >= 4 is 15.9 Å². The second kappa shape index (κ2) is 6.25. The molecule has 8 heteroatoms. The normalized spacial score (nSPS) is 17.1. The van der Waals surface area contributed by atoms with Gasteiger partial charge in [-0.05, 0) is 20.3 Å². The van der Waals surface area contributed by atoms with E-state index in [-0.39, 0.29) is 10.8 Å². The average Bonchev–Trinajstić information content (AvgIpc) is 2.76. The largest absolute Gasteiger partial charge is 0.379 e. The van der Waals surface area contributed by atoms with E-state index in [4.69, 9.17) is 4.74 Å². The van der Waals surface area contributed by atoms with Gasteiger partial charge in [-0.25, -0.2) is 13.1 Å². The van der Waals surface area contributed by atoms with E-state index in [1.165, 1.54) is 8.99 Å². The Labute approximate surface area is 124 Å². The van der Waals surface area contributed by atoms with E-state index in [0.29, 0.717) is 50.5 Å². The number of nitrogens with zero attached hydrogens (tertiary/aromatic N) is 3. The second-order valence-electron chi connectivity index (χ2n) is 5.07. The van der Waals surface area contributed by atoms with E-state index in [0.717, 1.165) is 0 Å². The number of ether oxygens (including phenoxy) is 1. The fourth-order valence-electron chi connectivity index (χ4n) is 2.48. The van der Waals surface area contributed by atoms with Crippen LogP contribution in [0, 0.1) is 13.8 Å². The minimum Gasteiger partial charge on any atom is -0.379 e. The quantitative estimate of drug-likeness (QED) is 0.826. The van der Waals surface area contributed by atoms with Crippen molar-refractivity contribution in [2.45, 2.75) is 38.5 Å². The van der Waals surface area contributed by atoms with Crippen molar-refractivity contribution in [3.05, 3.63) is 11.4 Å². The van der Waals surface area contributed by atoms with Crippen LogP contribution in [0.5, 0.6) is 0 Å². The van der Waals surface area contributed by atoms with Crippen LogP contribution in [0.1, 0.15) is 35.9 Å². The lowest BCUT2D eigenvalue weighted by Gasteiger charge is -2.26. The topological polar surface area (TPSA) is 81.5 Å². The smallest absolute Gasteiger partial charge is 0.247 e. The maximum Gasteiger partial charge on any atom is 0.247 e. The van der Waals surface area contributed by atoms with Gasteiger partial charge in [-0.1, -0.05) is 6.92 Å². The summed E-state index contributed by atoms with van der Waals surface area (Å²) in [5.41, 5.74) is 0.751. The molecule has 1 aromatic rings. The summed E-state index contributed by atoms with van der Waals surface area (Å²) >= 11 is 0. The molecule has 0 spiro atoms. The minimum absolute atomic E-state index is 0.147. The van der Waals surface area contributed by atoms with Crippen molar-refractivity contribution < 1.29 is 17.9 Å². The molecule has 0 unspecified atom stereocenters. The minimum atomic E-state index is -3.63. The van der Waals surface area contributed by atoms with E-state index in [2.05, 4.69) is 5.10 Å². The number of hydrogen-bond donors (Lipinski definition) is 0. The number of sulfonamides is 1. The van der Waals surface area contributed by atoms with Crippen LogP contribution in [0.25, 0.3) is 0 Å². The summed E-state index contributed by atoms with van der Waals surface area (Å²) in [6, 6.07) is 0. The van der Waals surface area contributed by atoms with Crippen LogP contribution in [0.3, 0.4) is 0 Å². The fraction of sp³-hybridized carbons (Fsp3) is 0.692. The van der Waals surface area contributed by atoms with Crippen LogP contribution in [0.15, 0.2) is 4.90 Å².